The van der Waals surface area contributed by atoms with E-state index in [1.165, 1.54) is 0 Å². The van der Waals surface area contributed by atoms with Crippen molar-refractivity contribution in [3.05, 3.63) is 93.5 Å². The largest absolute Gasteiger partial charge is 0.508 e. The minimum Gasteiger partial charge on any atom is -0.508 e. The van der Waals surface area contributed by atoms with E-state index in [1.54, 1.807) is 24.3 Å². The molecule has 0 radical (unpaired) electrons. The molecule has 116 valence electrons. The zero-order valence-electron chi connectivity index (χ0n) is 12.6. The van der Waals surface area contributed by atoms with Gasteiger partial charge >= 0.3 is 0 Å². The molecular weight excluding hydrogens is 302 g/mol. The highest BCUT2D eigenvalue weighted by Gasteiger charge is 2.25. The van der Waals surface area contributed by atoms with Gasteiger partial charge in [0, 0.05) is 12.1 Å². The molecule has 3 aromatic carbocycles. The Morgan fingerprint density at radius 3 is 2.21 bits per heavy atom. The van der Waals surface area contributed by atoms with Crippen molar-refractivity contribution in [2.45, 2.75) is 0 Å². The summed E-state index contributed by atoms with van der Waals surface area (Å²) in [6, 6.07) is 19.8. The predicted octanol–water partition coefficient (Wildman–Crippen LogP) is 4.87. The molecule has 24 heavy (non-hydrogen) atoms. The molecule has 0 amide bonds. The molecule has 0 saturated heterocycles. The number of benzene rings is 3. The normalized spacial score (nSPS) is 13.6. The molecule has 4 rings (SSSR count). The summed E-state index contributed by atoms with van der Waals surface area (Å²) in [6.07, 6.45) is 1.99. The molecule has 0 atom stereocenters. The van der Waals surface area contributed by atoms with Crippen LogP contribution in [0.4, 0.5) is 5.69 Å². The number of rotatable bonds is 2. The Balaban J connectivity index is 1.95. The number of nitrogens with zero attached hydrogens (tertiary/aromatic N) is 1. The lowest BCUT2D eigenvalue weighted by atomic mass is 10.0. The van der Waals surface area contributed by atoms with Gasteiger partial charge in [0.25, 0.3) is 5.69 Å². The second kappa shape index (κ2) is 5.35. The van der Waals surface area contributed by atoms with E-state index in [9.17, 15) is 15.2 Å². The molecule has 0 heterocycles. The predicted molar refractivity (Wildman–Crippen MR) is 93.6 cm³/mol. The van der Waals surface area contributed by atoms with Crippen molar-refractivity contribution in [3.8, 4) is 16.9 Å². The highest BCUT2D eigenvalue weighted by Crippen LogP contribution is 2.46. The van der Waals surface area contributed by atoms with Gasteiger partial charge in [-0.2, -0.15) is 0 Å². The first-order valence-corrected chi connectivity index (χ1v) is 7.53. The quantitative estimate of drug-likeness (QED) is 0.424. The molecule has 0 aromatic heterocycles. The average Bonchev–Trinajstić information content (AvgIpc) is 2.90. The zero-order valence-corrected chi connectivity index (χ0v) is 12.6. The molecule has 0 aliphatic heterocycles. The van der Waals surface area contributed by atoms with Gasteiger partial charge in [-0.25, -0.2) is 0 Å². The minimum atomic E-state index is -0.374. The Kier molecular flexibility index (Phi) is 3.17. The van der Waals surface area contributed by atoms with Crippen molar-refractivity contribution in [2.24, 2.45) is 0 Å². The monoisotopic (exact) mass is 315 g/mol. The molecule has 0 unspecified atom stereocenters. The van der Waals surface area contributed by atoms with Crippen LogP contribution in [0, 0.1) is 10.1 Å². The second-order valence-electron chi connectivity index (χ2n) is 5.68. The molecule has 4 nitrogen and oxygen atoms in total. The van der Waals surface area contributed by atoms with Gasteiger partial charge in [-0.1, -0.05) is 36.4 Å². The van der Waals surface area contributed by atoms with Gasteiger partial charge in [0.15, 0.2) is 0 Å². The van der Waals surface area contributed by atoms with E-state index in [0.29, 0.717) is 0 Å². The van der Waals surface area contributed by atoms with E-state index in [1.807, 2.05) is 48.5 Å². The summed E-state index contributed by atoms with van der Waals surface area (Å²) in [5.74, 6) is 0.208. The molecule has 0 bridgehead atoms. The summed E-state index contributed by atoms with van der Waals surface area (Å²) in [4.78, 5) is 10.8. The maximum absolute atomic E-state index is 11.1. The Hall–Kier alpha value is -3.40. The number of hydrogen-bond donors (Lipinski definition) is 1. The molecule has 1 N–H and O–H groups in total. The smallest absolute Gasteiger partial charge is 0.270 e. The fraction of sp³-hybridized carbons (Fsp3) is 0. The van der Waals surface area contributed by atoms with Crippen LogP contribution in [0.2, 0.25) is 0 Å². The number of non-ortho nitro benzene ring substituents is 1. The van der Waals surface area contributed by atoms with Crippen LogP contribution in [-0.4, -0.2) is 10.0 Å². The summed E-state index contributed by atoms with van der Waals surface area (Å²) >= 11 is 0. The lowest BCUT2D eigenvalue weighted by Crippen LogP contribution is -1.89. The Labute approximate surface area is 138 Å². The SMILES string of the molecule is O=[N+]([O-])c1ccc2c(c1)/C(=C/c1ccc(O)cc1)c1ccccc1-2. The van der Waals surface area contributed by atoms with Gasteiger partial charge in [-0.15, -0.1) is 0 Å². The average molecular weight is 315 g/mol. The van der Waals surface area contributed by atoms with Crippen LogP contribution in [0.3, 0.4) is 0 Å². The van der Waals surface area contributed by atoms with Crippen LogP contribution in [0.15, 0.2) is 66.7 Å². The van der Waals surface area contributed by atoms with Gasteiger partial charge in [-0.05, 0) is 57.7 Å². The van der Waals surface area contributed by atoms with Crippen molar-refractivity contribution in [3.63, 3.8) is 0 Å². The molecule has 3 aromatic rings. The zero-order chi connectivity index (χ0) is 16.7. The van der Waals surface area contributed by atoms with E-state index >= 15 is 0 Å². The molecule has 1 aliphatic rings. The van der Waals surface area contributed by atoms with Crippen LogP contribution in [0.5, 0.6) is 5.75 Å². The summed E-state index contributed by atoms with van der Waals surface area (Å²) in [6.45, 7) is 0. The van der Waals surface area contributed by atoms with E-state index < -0.39 is 0 Å². The molecule has 0 spiro atoms. The Morgan fingerprint density at radius 1 is 0.833 bits per heavy atom. The van der Waals surface area contributed by atoms with Crippen molar-refractivity contribution in [1.29, 1.82) is 0 Å². The lowest BCUT2D eigenvalue weighted by Gasteiger charge is -2.03. The molecule has 0 saturated carbocycles. The van der Waals surface area contributed by atoms with Crippen molar-refractivity contribution >= 4 is 17.3 Å². The fourth-order valence-corrected chi connectivity index (χ4v) is 3.09. The van der Waals surface area contributed by atoms with Gasteiger partial charge in [0.1, 0.15) is 5.75 Å². The number of nitro groups is 1. The number of phenols is 1. The highest BCUT2D eigenvalue weighted by atomic mass is 16.6. The first-order chi connectivity index (χ1) is 11.6. The second-order valence-corrected chi connectivity index (χ2v) is 5.68. The molecular formula is C20H13NO3. The highest BCUT2D eigenvalue weighted by molar-refractivity contribution is 6.06. The van der Waals surface area contributed by atoms with E-state index in [4.69, 9.17) is 0 Å². The number of hydrogen-bond acceptors (Lipinski definition) is 3. The summed E-state index contributed by atoms with van der Waals surface area (Å²) in [5, 5.41) is 20.6. The van der Waals surface area contributed by atoms with Gasteiger partial charge < -0.3 is 5.11 Å². The summed E-state index contributed by atoms with van der Waals surface area (Å²) in [5.41, 5.74) is 5.96. The third-order valence-corrected chi connectivity index (χ3v) is 4.22. The number of fused-ring (bicyclic) bond motifs is 3. The summed E-state index contributed by atoms with van der Waals surface area (Å²) < 4.78 is 0. The van der Waals surface area contributed by atoms with Crippen molar-refractivity contribution < 1.29 is 10.0 Å². The Morgan fingerprint density at radius 2 is 1.50 bits per heavy atom. The van der Waals surface area contributed by atoms with Gasteiger partial charge in [0.05, 0.1) is 4.92 Å². The van der Waals surface area contributed by atoms with Crippen LogP contribution in [0.25, 0.3) is 22.8 Å². The molecule has 0 fully saturated rings. The topological polar surface area (TPSA) is 63.4 Å². The Bertz CT molecular complexity index is 988. The van der Waals surface area contributed by atoms with Gasteiger partial charge in [0.2, 0.25) is 0 Å². The van der Waals surface area contributed by atoms with Crippen LogP contribution in [-0.2, 0) is 0 Å². The number of aromatic hydroxyl groups is 1. The van der Waals surface area contributed by atoms with Crippen molar-refractivity contribution in [1.82, 2.24) is 0 Å². The van der Waals surface area contributed by atoms with Crippen molar-refractivity contribution in [2.75, 3.05) is 0 Å². The first-order valence-electron chi connectivity index (χ1n) is 7.53. The van der Waals surface area contributed by atoms with Crippen LogP contribution in [0.1, 0.15) is 16.7 Å². The first kappa shape index (κ1) is 14.2. The fourth-order valence-electron chi connectivity index (χ4n) is 3.09. The number of nitro benzene ring substituents is 1. The minimum absolute atomic E-state index is 0.0816. The molecule has 1 aliphatic carbocycles. The summed E-state index contributed by atoms with van der Waals surface area (Å²) in [7, 11) is 0. The standard InChI is InChI=1S/C20H13NO3/c22-15-8-5-13(6-9-15)11-19-17-4-2-1-3-16(17)18-10-7-14(21(23)24)12-20(18)19/h1-12,22H/b19-11+. The van der Waals surface area contributed by atoms with E-state index in [2.05, 4.69) is 0 Å². The van der Waals surface area contributed by atoms with Crippen LogP contribution < -0.4 is 0 Å². The van der Waals surface area contributed by atoms with Gasteiger partial charge in [-0.3, -0.25) is 10.1 Å². The maximum Gasteiger partial charge on any atom is 0.270 e. The third kappa shape index (κ3) is 2.25. The van der Waals surface area contributed by atoms with E-state index in [0.717, 1.165) is 33.4 Å². The van der Waals surface area contributed by atoms with Crippen LogP contribution >= 0.6 is 0 Å². The van der Waals surface area contributed by atoms with E-state index in [-0.39, 0.29) is 16.4 Å². The molecule has 4 heteroatoms. The lowest BCUT2D eigenvalue weighted by molar-refractivity contribution is -0.384. The number of phenolic OH excluding ortho intramolecular Hbond substituents is 1. The third-order valence-electron chi connectivity index (χ3n) is 4.22. The maximum atomic E-state index is 11.1.